The van der Waals surface area contributed by atoms with Crippen molar-refractivity contribution in [3.8, 4) is 11.1 Å². The van der Waals surface area contributed by atoms with Gasteiger partial charge in [-0.25, -0.2) is 9.59 Å². The number of rotatable bonds is 3. The van der Waals surface area contributed by atoms with Crippen molar-refractivity contribution in [2.24, 2.45) is 5.73 Å². The molecule has 0 bridgehead atoms. The van der Waals surface area contributed by atoms with Crippen LogP contribution in [-0.2, 0) is 20.5 Å². The molecule has 6 nitrogen and oxygen atoms in total. The molecule has 1 saturated heterocycles. The number of hydrogen-bond donors (Lipinski definition) is 2. The smallest absolute Gasteiger partial charge is 0.409 e. The lowest BCUT2D eigenvalue weighted by Crippen LogP contribution is -2.48. The number of benzene rings is 3. The summed E-state index contributed by atoms with van der Waals surface area (Å²) in [6, 6.07) is 24.2. The van der Waals surface area contributed by atoms with Crippen LogP contribution >= 0.6 is 0 Å². The predicted octanol–water partition coefficient (Wildman–Crippen LogP) is 4.61. The van der Waals surface area contributed by atoms with Crippen LogP contribution in [0, 0.1) is 0 Å². The summed E-state index contributed by atoms with van der Waals surface area (Å²) in [4.78, 5) is 26.9. The van der Waals surface area contributed by atoms with Gasteiger partial charge in [-0.05, 0) is 52.6 Å². The van der Waals surface area contributed by atoms with Gasteiger partial charge in [-0.3, -0.25) is 0 Å². The number of amides is 1. The summed E-state index contributed by atoms with van der Waals surface area (Å²) in [5, 5.41) is 9.88. The molecule has 1 fully saturated rings. The Labute approximate surface area is 204 Å². The average Bonchev–Trinajstić information content (AvgIpc) is 3.34. The fourth-order valence-electron chi connectivity index (χ4n) is 6.50. The summed E-state index contributed by atoms with van der Waals surface area (Å²) in [5.41, 5.74) is 11.2. The molecule has 1 atom stereocenters. The first-order chi connectivity index (χ1) is 16.9. The molecule has 6 rings (SSSR count). The number of nitrogens with zero attached hydrogens (tertiary/aromatic N) is 1. The van der Waals surface area contributed by atoms with E-state index in [1.165, 1.54) is 22.3 Å². The summed E-state index contributed by atoms with van der Waals surface area (Å²) in [5.74, 6) is -0.974. The number of ether oxygens (including phenoxy) is 1. The SMILES string of the molecule is NC1(C(=O)O)CC2(CCN(C(=O)OCC3c4ccccc4-c4ccccc43)CC2)c2ccccc21. The summed E-state index contributed by atoms with van der Waals surface area (Å²) >= 11 is 0. The molecule has 1 aliphatic heterocycles. The van der Waals surface area contributed by atoms with Gasteiger partial charge in [0.15, 0.2) is 0 Å². The first-order valence-corrected chi connectivity index (χ1v) is 12.2. The van der Waals surface area contributed by atoms with Crippen molar-refractivity contribution in [3.05, 3.63) is 95.1 Å². The van der Waals surface area contributed by atoms with Crippen LogP contribution in [0.2, 0.25) is 0 Å². The molecule has 3 aromatic carbocycles. The Morgan fingerprint density at radius 2 is 1.43 bits per heavy atom. The van der Waals surface area contributed by atoms with E-state index in [4.69, 9.17) is 10.5 Å². The molecule has 35 heavy (non-hydrogen) atoms. The lowest BCUT2D eigenvalue weighted by molar-refractivity contribution is -0.144. The van der Waals surface area contributed by atoms with Crippen LogP contribution in [0.4, 0.5) is 4.79 Å². The Bertz CT molecular complexity index is 1280. The van der Waals surface area contributed by atoms with E-state index in [2.05, 4.69) is 24.3 Å². The van der Waals surface area contributed by atoms with Gasteiger partial charge in [-0.15, -0.1) is 0 Å². The van der Waals surface area contributed by atoms with E-state index >= 15 is 0 Å². The van der Waals surface area contributed by atoms with Crippen molar-refractivity contribution < 1.29 is 19.4 Å². The Hall–Kier alpha value is -3.64. The van der Waals surface area contributed by atoms with Crippen LogP contribution in [0.25, 0.3) is 11.1 Å². The lowest BCUT2D eigenvalue weighted by atomic mass is 9.73. The molecule has 6 heteroatoms. The molecule has 0 aromatic heterocycles. The van der Waals surface area contributed by atoms with Gasteiger partial charge in [0.05, 0.1) is 0 Å². The number of likely N-dealkylation sites (tertiary alicyclic amines) is 1. The average molecular weight is 469 g/mol. The summed E-state index contributed by atoms with van der Waals surface area (Å²) < 4.78 is 5.85. The molecular formula is C29H28N2O4. The summed E-state index contributed by atoms with van der Waals surface area (Å²) in [6.45, 7) is 1.32. The fourth-order valence-corrected chi connectivity index (χ4v) is 6.50. The molecular weight excluding hydrogens is 440 g/mol. The van der Waals surface area contributed by atoms with Gasteiger partial charge in [0.1, 0.15) is 12.1 Å². The number of carboxylic acid groups (broad SMARTS) is 1. The minimum absolute atomic E-state index is 0.0256. The van der Waals surface area contributed by atoms with Crippen molar-refractivity contribution in [3.63, 3.8) is 0 Å². The Morgan fingerprint density at radius 3 is 2.03 bits per heavy atom. The maximum Gasteiger partial charge on any atom is 0.409 e. The molecule has 2 aliphatic carbocycles. The van der Waals surface area contributed by atoms with E-state index in [1.807, 2.05) is 48.5 Å². The third-order valence-corrected chi connectivity index (χ3v) is 8.29. The van der Waals surface area contributed by atoms with E-state index in [0.29, 0.717) is 44.5 Å². The maximum absolute atomic E-state index is 13.0. The van der Waals surface area contributed by atoms with Crippen molar-refractivity contribution in [1.82, 2.24) is 4.90 Å². The van der Waals surface area contributed by atoms with Gasteiger partial charge in [0.2, 0.25) is 0 Å². The number of carbonyl (C=O) groups is 2. The Kier molecular flexibility index (Phi) is 4.97. The standard InChI is InChI=1S/C29H28N2O4/c30-29(26(32)33)18-28(24-11-5-6-12-25(24)29)13-15-31(16-14-28)27(34)35-17-23-21-9-3-1-7-19(21)20-8-2-4-10-22(20)23/h1-12,23H,13-18,30H2,(H,32,33). The minimum Gasteiger partial charge on any atom is -0.480 e. The Morgan fingerprint density at radius 1 is 0.886 bits per heavy atom. The molecule has 1 unspecified atom stereocenters. The van der Waals surface area contributed by atoms with Crippen molar-refractivity contribution in [2.75, 3.05) is 19.7 Å². The van der Waals surface area contributed by atoms with Gasteiger partial charge in [-0.2, -0.15) is 0 Å². The van der Waals surface area contributed by atoms with Gasteiger partial charge in [0, 0.05) is 24.4 Å². The van der Waals surface area contributed by atoms with E-state index in [0.717, 1.165) is 5.56 Å². The first-order valence-electron chi connectivity index (χ1n) is 12.2. The van der Waals surface area contributed by atoms with Crippen molar-refractivity contribution >= 4 is 12.1 Å². The molecule has 1 spiro atoms. The van der Waals surface area contributed by atoms with Crippen LogP contribution < -0.4 is 5.73 Å². The van der Waals surface area contributed by atoms with Crippen molar-refractivity contribution in [2.45, 2.75) is 36.1 Å². The molecule has 1 amide bonds. The van der Waals surface area contributed by atoms with Crippen molar-refractivity contribution in [1.29, 1.82) is 0 Å². The topological polar surface area (TPSA) is 92.9 Å². The van der Waals surface area contributed by atoms with Crippen LogP contribution in [0.15, 0.2) is 72.8 Å². The number of carbonyl (C=O) groups excluding carboxylic acids is 1. The number of nitrogens with two attached hydrogens (primary N) is 1. The number of hydrogen-bond acceptors (Lipinski definition) is 4. The second-order valence-electron chi connectivity index (χ2n) is 10.1. The molecule has 178 valence electrons. The molecule has 0 saturated carbocycles. The van der Waals surface area contributed by atoms with Gasteiger partial charge >= 0.3 is 12.1 Å². The van der Waals surface area contributed by atoms with E-state index in [9.17, 15) is 14.7 Å². The highest BCUT2D eigenvalue weighted by Gasteiger charge is 2.55. The van der Waals surface area contributed by atoms with Crippen LogP contribution in [0.5, 0.6) is 0 Å². The summed E-state index contributed by atoms with van der Waals surface area (Å²) in [7, 11) is 0. The third-order valence-electron chi connectivity index (χ3n) is 8.29. The van der Waals surface area contributed by atoms with Crippen LogP contribution in [0.1, 0.15) is 47.4 Å². The molecule has 3 aromatic rings. The second-order valence-corrected chi connectivity index (χ2v) is 10.1. The normalized spacial score (nSPS) is 21.9. The quantitative estimate of drug-likeness (QED) is 0.586. The zero-order valence-corrected chi connectivity index (χ0v) is 19.4. The highest BCUT2D eigenvalue weighted by atomic mass is 16.6. The Balaban J connectivity index is 1.15. The zero-order chi connectivity index (χ0) is 24.2. The van der Waals surface area contributed by atoms with Gasteiger partial charge < -0.3 is 20.5 Å². The van der Waals surface area contributed by atoms with E-state index < -0.39 is 11.5 Å². The zero-order valence-electron chi connectivity index (χ0n) is 19.4. The highest BCUT2D eigenvalue weighted by Crippen LogP contribution is 2.52. The fraction of sp³-hybridized carbons (Fsp3) is 0.310. The van der Waals surface area contributed by atoms with Crippen LogP contribution in [-0.4, -0.2) is 41.8 Å². The molecule has 0 radical (unpaired) electrons. The summed E-state index contributed by atoms with van der Waals surface area (Å²) in [6.07, 6.45) is 1.37. The van der Waals surface area contributed by atoms with Gasteiger partial charge in [-0.1, -0.05) is 72.8 Å². The lowest BCUT2D eigenvalue weighted by Gasteiger charge is -2.40. The largest absolute Gasteiger partial charge is 0.480 e. The van der Waals surface area contributed by atoms with E-state index in [-0.39, 0.29) is 17.4 Å². The minimum atomic E-state index is -1.39. The molecule has 3 aliphatic rings. The number of piperidine rings is 1. The predicted molar refractivity (Wildman–Crippen MR) is 132 cm³/mol. The van der Waals surface area contributed by atoms with Gasteiger partial charge in [0.25, 0.3) is 0 Å². The highest BCUT2D eigenvalue weighted by molar-refractivity contribution is 5.83. The van der Waals surface area contributed by atoms with E-state index in [1.54, 1.807) is 4.90 Å². The van der Waals surface area contributed by atoms with Crippen LogP contribution in [0.3, 0.4) is 0 Å². The first kappa shape index (κ1) is 21.9. The second kappa shape index (κ2) is 7.95. The maximum atomic E-state index is 13.0. The monoisotopic (exact) mass is 468 g/mol. The number of fused-ring (bicyclic) bond motifs is 5. The molecule has 3 N–H and O–H groups in total. The molecule has 1 heterocycles. The number of aliphatic carboxylic acids is 1. The third kappa shape index (κ3) is 3.27. The number of carboxylic acids is 1.